The SMILES string of the molecule is Cc1ccc2c3cc(Br)ccc3n(C3CCC(=O)NC3=O)c2n1. The quantitative estimate of drug-likeness (QED) is 0.667. The number of hydrogen-bond donors (Lipinski definition) is 1. The van der Waals surface area contributed by atoms with Crippen molar-refractivity contribution < 1.29 is 9.59 Å². The van der Waals surface area contributed by atoms with Gasteiger partial charge in [0.05, 0.1) is 5.52 Å². The molecule has 1 aliphatic rings. The average molecular weight is 372 g/mol. The highest BCUT2D eigenvalue weighted by Gasteiger charge is 2.30. The fraction of sp³-hybridized carbons (Fsp3) is 0.235. The molecule has 1 fully saturated rings. The number of imide groups is 1. The third-order valence-electron chi connectivity index (χ3n) is 4.27. The number of carbonyl (C=O) groups excluding carboxylic acids is 2. The Kier molecular flexibility index (Phi) is 3.23. The van der Waals surface area contributed by atoms with Crippen LogP contribution >= 0.6 is 15.9 Å². The van der Waals surface area contributed by atoms with Crippen molar-refractivity contribution >= 4 is 49.7 Å². The van der Waals surface area contributed by atoms with Gasteiger partial charge in [-0.05, 0) is 43.7 Å². The molecule has 1 aromatic carbocycles. The van der Waals surface area contributed by atoms with Gasteiger partial charge in [0.25, 0.3) is 0 Å². The molecule has 1 unspecified atom stereocenters. The van der Waals surface area contributed by atoms with Gasteiger partial charge in [-0.25, -0.2) is 4.98 Å². The predicted octanol–water partition coefficient (Wildman–Crippen LogP) is 3.24. The van der Waals surface area contributed by atoms with E-state index in [1.54, 1.807) is 0 Å². The van der Waals surface area contributed by atoms with Crippen molar-refractivity contribution in [3.63, 3.8) is 0 Å². The fourth-order valence-corrected chi connectivity index (χ4v) is 3.59. The van der Waals surface area contributed by atoms with Crippen LogP contribution in [0.2, 0.25) is 0 Å². The maximum Gasteiger partial charge on any atom is 0.249 e. The number of aromatic nitrogens is 2. The lowest BCUT2D eigenvalue weighted by atomic mass is 10.1. The lowest BCUT2D eigenvalue weighted by Gasteiger charge is -2.23. The number of piperidine rings is 1. The van der Waals surface area contributed by atoms with Crippen LogP contribution in [0.5, 0.6) is 0 Å². The number of fused-ring (bicyclic) bond motifs is 3. The maximum atomic E-state index is 12.4. The van der Waals surface area contributed by atoms with E-state index in [0.29, 0.717) is 12.8 Å². The maximum absolute atomic E-state index is 12.4. The predicted molar refractivity (Wildman–Crippen MR) is 91.1 cm³/mol. The summed E-state index contributed by atoms with van der Waals surface area (Å²) in [6, 6.07) is 9.57. The first-order valence-corrected chi connectivity index (χ1v) is 8.24. The van der Waals surface area contributed by atoms with Gasteiger partial charge in [0.15, 0.2) is 0 Å². The highest BCUT2D eigenvalue weighted by molar-refractivity contribution is 9.10. The second kappa shape index (κ2) is 5.16. The summed E-state index contributed by atoms with van der Waals surface area (Å²) >= 11 is 3.50. The molecule has 1 saturated heterocycles. The van der Waals surface area contributed by atoms with Crippen LogP contribution in [0.15, 0.2) is 34.8 Å². The van der Waals surface area contributed by atoms with Crippen molar-refractivity contribution in [2.75, 3.05) is 0 Å². The Balaban J connectivity index is 2.05. The van der Waals surface area contributed by atoms with Crippen LogP contribution in [-0.4, -0.2) is 21.4 Å². The van der Waals surface area contributed by atoms with Crippen LogP contribution in [0.25, 0.3) is 21.9 Å². The minimum absolute atomic E-state index is 0.209. The molecule has 1 atom stereocenters. The van der Waals surface area contributed by atoms with Crippen molar-refractivity contribution in [2.24, 2.45) is 0 Å². The zero-order valence-corrected chi connectivity index (χ0v) is 14.1. The number of hydrogen-bond acceptors (Lipinski definition) is 3. The van der Waals surface area contributed by atoms with Crippen molar-refractivity contribution in [1.82, 2.24) is 14.9 Å². The van der Waals surface area contributed by atoms with E-state index in [2.05, 4.69) is 26.2 Å². The van der Waals surface area contributed by atoms with Gasteiger partial charge >= 0.3 is 0 Å². The van der Waals surface area contributed by atoms with E-state index in [4.69, 9.17) is 0 Å². The molecule has 4 rings (SSSR count). The molecule has 5 nitrogen and oxygen atoms in total. The number of aryl methyl sites for hydroxylation is 1. The van der Waals surface area contributed by atoms with Gasteiger partial charge in [0.1, 0.15) is 11.7 Å². The minimum atomic E-state index is -0.414. The largest absolute Gasteiger partial charge is 0.313 e. The Morgan fingerprint density at radius 2 is 2.04 bits per heavy atom. The van der Waals surface area contributed by atoms with Crippen LogP contribution in [0.3, 0.4) is 0 Å². The molecule has 0 saturated carbocycles. The van der Waals surface area contributed by atoms with Crippen LogP contribution < -0.4 is 5.32 Å². The number of pyridine rings is 1. The Morgan fingerprint density at radius 1 is 1.22 bits per heavy atom. The zero-order chi connectivity index (χ0) is 16.1. The Morgan fingerprint density at radius 3 is 2.83 bits per heavy atom. The van der Waals surface area contributed by atoms with E-state index < -0.39 is 6.04 Å². The van der Waals surface area contributed by atoms with Crippen LogP contribution in [0, 0.1) is 6.92 Å². The second-order valence-corrected chi connectivity index (χ2v) is 6.74. The Hall–Kier alpha value is -2.21. The number of halogens is 1. The number of carbonyl (C=O) groups is 2. The monoisotopic (exact) mass is 371 g/mol. The molecule has 0 bridgehead atoms. The van der Waals surface area contributed by atoms with E-state index in [1.807, 2.05) is 41.8 Å². The van der Waals surface area contributed by atoms with Gasteiger partial charge in [-0.15, -0.1) is 0 Å². The molecular formula is C17H14BrN3O2. The Bertz CT molecular complexity index is 977. The first-order valence-electron chi connectivity index (χ1n) is 7.45. The first kappa shape index (κ1) is 14.4. The van der Waals surface area contributed by atoms with E-state index in [9.17, 15) is 9.59 Å². The average Bonchev–Trinajstić information content (AvgIpc) is 2.80. The number of amides is 2. The molecule has 6 heteroatoms. The third kappa shape index (κ3) is 2.25. The minimum Gasteiger partial charge on any atom is -0.313 e. The number of nitrogens with zero attached hydrogens (tertiary/aromatic N) is 2. The highest BCUT2D eigenvalue weighted by Crippen LogP contribution is 2.34. The second-order valence-electron chi connectivity index (χ2n) is 5.82. The van der Waals surface area contributed by atoms with E-state index in [1.165, 1.54) is 0 Å². The first-order chi connectivity index (χ1) is 11.0. The van der Waals surface area contributed by atoms with E-state index >= 15 is 0 Å². The van der Waals surface area contributed by atoms with Gasteiger partial charge in [-0.3, -0.25) is 14.9 Å². The van der Waals surface area contributed by atoms with Crippen molar-refractivity contribution in [3.8, 4) is 0 Å². The molecule has 23 heavy (non-hydrogen) atoms. The number of nitrogens with one attached hydrogen (secondary N) is 1. The van der Waals surface area contributed by atoms with Crippen LogP contribution in [0.1, 0.15) is 24.6 Å². The topological polar surface area (TPSA) is 64.0 Å². The summed E-state index contributed by atoms with van der Waals surface area (Å²) in [5.41, 5.74) is 2.64. The molecule has 0 aliphatic carbocycles. The molecule has 0 spiro atoms. The van der Waals surface area contributed by atoms with Crippen LogP contribution in [-0.2, 0) is 9.59 Å². The zero-order valence-electron chi connectivity index (χ0n) is 12.5. The summed E-state index contributed by atoms with van der Waals surface area (Å²) in [7, 11) is 0. The highest BCUT2D eigenvalue weighted by atomic mass is 79.9. The molecule has 116 valence electrons. The molecule has 1 N–H and O–H groups in total. The molecule has 3 heterocycles. The number of rotatable bonds is 1. The number of benzene rings is 1. The summed E-state index contributed by atoms with van der Waals surface area (Å²) in [5, 5.41) is 4.50. The van der Waals surface area contributed by atoms with Crippen molar-refractivity contribution in [1.29, 1.82) is 0 Å². The summed E-state index contributed by atoms with van der Waals surface area (Å²) in [6.07, 6.45) is 0.842. The van der Waals surface area contributed by atoms with Gasteiger partial charge in [-0.1, -0.05) is 15.9 Å². The summed E-state index contributed by atoms with van der Waals surface area (Å²) in [5.74, 6) is -0.467. The molecule has 1 aliphatic heterocycles. The van der Waals surface area contributed by atoms with Gasteiger partial charge in [-0.2, -0.15) is 0 Å². The van der Waals surface area contributed by atoms with Gasteiger partial charge in [0.2, 0.25) is 11.8 Å². The molecule has 3 aromatic rings. The lowest BCUT2D eigenvalue weighted by molar-refractivity contribution is -0.135. The molecule has 0 radical (unpaired) electrons. The summed E-state index contributed by atoms with van der Waals surface area (Å²) in [6.45, 7) is 1.93. The Labute approximate surface area is 140 Å². The van der Waals surface area contributed by atoms with E-state index in [-0.39, 0.29) is 11.8 Å². The van der Waals surface area contributed by atoms with Crippen molar-refractivity contribution in [2.45, 2.75) is 25.8 Å². The normalized spacial score (nSPS) is 18.6. The van der Waals surface area contributed by atoms with Gasteiger partial charge in [0, 0.05) is 27.4 Å². The standard InChI is InChI=1S/C17H14BrN3O2/c1-9-2-4-11-12-8-10(18)3-5-13(12)21(16(11)19-9)14-6-7-15(22)20-17(14)23/h2-5,8,14H,6-7H2,1H3,(H,20,22,23). The molecule has 2 aromatic heterocycles. The van der Waals surface area contributed by atoms with Crippen molar-refractivity contribution in [3.05, 3.63) is 40.5 Å². The van der Waals surface area contributed by atoms with Crippen LogP contribution in [0.4, 0.5) is 0 Å². The summed E-state index contributed by atoms with van der Waals surface area (Å²) < 4.78 is 2.94. The van der Waals surface area contributed by atoms with Gasteiger partial charge < -0.3 is 4.57 Å². The smallest absolute Gasteiger partial charge is 0.249 e. The van der Waals surface area contributed by atoms with E-state index in [0.717, 1.165) is 32.1 Å². The molecular weight excluding hydrogens is 358 g/mol. The fourth-order valence-electron chi connectivity index (χ4n) is 3.23. The molecule has 2 amide bonds. The lowest BCUT2D eigenvalue weighted by Crippen LogP contribution is -2.41. The summed E-state index contributed by atoms with van der Waals surface area (Å²) in [4.78, 5) is 28.5. The third-order valence-corrected chi connectivity index (χ3v) is 4.77.